The number of ether oxygens (including phenoxy) is 1. The Morgan fingerprint density at radius 3 is 2.55 bits per heavy atom. The summed E-state index contributed by atoms with van der Waals surface area (Å²) < 4.78 is 43.3. The van der Waals surface area contributed by atoms with Crippen molar-refractivity contribution in [2.24, 2.45) is 0 Å². The van der Waals surface area contributed by atoms with Crippen LogP contribution in [0, 0.1) is 5.82 Å². The minimum atomic E-state index is -3.26. The van der Waals surface area contributed by atoms with Gasteiger partial charge in [0.15, 0.2) is 0 Å². The predicted octanol–water partition coefficient (Wildman–Crippen LogP) is 3.10. The highest BCUT2D eigenvalue weighted by Crippen LogP contribution is 2.36. The molecule has 180 valence electrons. The molecule has 0 saturated heterocycles. The standard InChI is InChI=1S/C24H32FN3O4S/c1-16(22-11-9-20(25)15-23(22)32-2)28-21-10-8-19(14-21)17-4-6-18(7-5-17)24(29)26-12-13-27-33(3,30)31/h4-7,9,11,15-16,19,21,27-28H,8,10,12-14H2,1-3H3,(H,26,29)/t16-,19?,21+/m1/s1. The smallest absolute Gasteiger partial charge is 0.251 e. The van der Waals surface area contributed by atoms with Gasteiger partial charge in [-0.2, -0.15) is 0 Å². The molecule has 2 aromatic carbocycles. The number of benzene rings is 2. The molecule has 1 fully saturated rings. The molecule has 0 heterocycles. The van der Waals surface area contributed by atoms with Gasteiger partial charge in [-0.1, -0.05) is 18.2 Å². The van der Waals surface area contributed by atoms with Crippen molar-refractivity contribution in [1.29, 1.82) is 0 Å². The molecule has 1 aliphatic rings. The Balaban J connectivity index is 1.51. The van der Waals surface area contributed by atoms with Crippen LogP contribution in [-0.4, -0.2) is 46.8 Å². The van der Waals surface area contributed by atoms with E-state index >= 15 is 0 Å². The summed E-state index contributed by atoms with van der Waals surface area (Å²) in [6.07, 6.45) is 4.15. The van der Waals surface area contributed by atoms with Gasteiger partial charge in [0.1, 0.15) is 11.6 Å². The van der Waals surface area contributed by atoms with Gasteiger partial charge in [0.05, 0.1) is 13.4 Å². The minimum absolute atomic E-state index is 0.0348. The summed E-state index contributed by atoms with van der Waals surface area (Å²) in [5.74, 6) is 0.405. The van der Waals surface area contributed by atoms with Gasteiger partial charge in [-0.25, -0.2) is 17.5 Å². The zero-order chi connectivity index (χ0) is 24.0. The van der Waals surface area contributed by atoms with E-state index in [-0.39, 0.29) is 30.9 Å². The summed E-state index contributed by atoms with van der Waals surface area (Å²) in [7, 11) is -1.71. The zero-order valence-electron chi connectivity index (χ0n) is 19.2. The summed E-state index contributed by atoms with van der Waals surface area (Å²) in [4.78, 5) is 12.3. The van der Waals surface area contributed by atoms with Crippen LogP contribution in [0.3, 0.4) is 0 Å². The number of hydrogen-bond donors (Lipinski definition) is 3. The molecule has 0 aromatic heterocycles. The lowest BCUT2D eigenvalue weighted by Crippen LogP contribution is -2.34. The highest BCUT2D eigenvalue weighted by atomic mass is 32.2. The van der Waals surface area contributed by atoms with E-state index in [1.165, 1.54) is 17.7 Å². The van der Waals surface area contributed by atoms with Crippen LogP contribution in [0.15, 0.2) is 42.5 Å². The Bertz CT molecular complexity index is 1060. The summed E-state index contributed by atoms with van der Waals surface area (Å²) >= 11 is 0. The molecule has 1 aliphatic carbocycles. The van der Waals surface area contributed by atoms with E-state index in [0.29, 0.717) is 23.3 Å². The predicted molar refractivity (Wildman–Crippen MR) is 127 cm³/mol. The van der Waals surface area contributed by atoms with Gasteiger partial charge < -0.3 is 15.4 Å². The molecule has 3 atom stereocenters. The number of sulfonamides is 1. The quantitative estimate of drug-likeness (QED) is 0.457. The largest absolute Gasteiger partial charge is 0.496 e. The van der Waals surface area contributed by atoms with Crippen LogP contribution >= 0.6 is 0 Å². The monoisotopic (exact) mass is 477 g/mol. The number of carbonyl (C=O) groups is 1. The second-order valence-electron chi connectivity index (χ2n) is 8.53. The molecule has 0 radical (unpaired) electrons. The molecule has 7 nitrogen and oxygen atoms in total. The molecule has 1 unspecified atom stereocenters. The normalized spacial score (nSPS) is 19.3. The van der Waals surface area contributed by atoms with Crippen molar-refractivity contribution >= 4 is 15.9 Å². The average Bonchev–Trinajstić information content (AvgIpc) is 3.24. The van der Waals surface area contributed by atoms with E-state index in [1.807, 2.05) is 12.1 Å². The highest BCUT2D eigenvalue weighted by Gasteiger charge is 2.27. The first-order valence-corrected chi connectivity index (χ1v) is 13.0. The van der Waals surface area contributed by atoms with Crippen LogP contribution < -0.4 is 20.1 Å². The van der Waals surface area contributed by atoms with Crippen molar-refractivity contribution in [3.05, 3.63) is 65.0 Å². The van der Waals surface area contributed by atoms with Crippen LogP contribution in [0.25, 0.3) is 0 Å². The SMILES string of the molecule is COc1cc(F)ccc1[C@@H](C)N[C@H]1CCC(c2ccc(C(=O)NCCNS(C)(=O)=O)cc2)C1. The summed E-state index contributed by atoms with van der Waals surface area (Å²) in [5, 5.41) is 6.35. The number of carbonyl (C=O) groups excluding carboxylic acids is 1. The van der Waals surface area contributed by atoms with E-state index < -0.39 is 10.0 Å². The van der Waals surface area contributed by atoms with Crippen molar-refractivity contribution < 1.29 is 22.3 Å². The lowest BCUT2D eigenvalue weighted by Gasteiger charge is -2.22. The first-order valence-electron chi connectivity index (χ1n) is 11.1. The Morgan fingerprint density at radius 1 is 1.15 bits per heavy atom. The fourth-order valence-corrected chi connectivity index (χ4v) is 4.82. The molecular formula is C24H32FN3O4S. The van der Waals surface area contributed by atoms with Crippen LogP contribution in [0.4, 0.5) is 4.39 Å². The molecule has 33 heavy (non-hydrogen) atoms. The fourth-order valence-electron chi connectivity index (χ4n) is 4.34. The number of amides is 1. The molecule has 1 saturated carbocycles. The van der Waals surface area contributed by atoms with Crippen molar-refractivity contribution in [2.45, 2.75) is 44.2 Å². The third-order valence-electron chi connectivity index (χ3n) is 6.00. The summed E-state index contributed by atoms with van der Waals surface area (Å²) in [6, 6.07) is 12.6. The molecule has 0 spiro atoms. The maximum atomic E-state index is 13.5. The summed E-state index contributed by atoms with van der Waals surface area (Å²) in [6.45, 7) is 2.43. The molecular weight excluding hydrogens is 445 g/mol. The van der Waals surface area contributed by atoms with Crippen LogP contribution in [0.2, 0.25) is 0 Å². The Labute approximate surface area is 195 Å². The third kappa shape index (κ3) is 7.25. The van der Waals surface area contributed by atoms with Gasteiger partial charge >= 0.3 is 0 Å². The molecule has 9 heteroatoms. The second kappa shape index (κ2) is 11.1. The van der Waals surface area contributed by atoms with Crippen molar-refractivity contribution in [2.75, 3.05) is 26.5 Å². The first-order chi connectivity index (χ1) is 15.7. The van der Waals surface area contributed by atoms with Gasteiger partial charge in [-0.15, -0.1) is 0 Å². The lowest BCUT2D eigenvalue weighted by molar-refractivity contribution is 0.0954. The first kappa shape index (κ1) is 25.1. The minimum Gasteiger partial charge on any atom is -0.496 e. The third-order valence-corrected chi connectivity index (χ3v) is 6.73. The number of halogens is 1. The molecule has 0 aliphatic heterocycles. The van der Waals surface area contributed by atoms with Gasteiger partial charge in [0, 0.05) is 42.4 Å². The van der Waals surface area contributed by atoms with Crippen LogP contribution in [0.1, 0.15) is 59.6 Å². The fraction of sp³-hybridized carbons (Fsp3) is 0.458. The molecule has 0 bridgehead atoms. The molecule has 2 aromatic rings. The lowest BCUT2D eigenvalue weighted by atomic mass is 9.96. The van der Waals surface area contributed by atoms with E-state index in [0.717, 1.165) is 31.1 Å². The number of hydrogen-bond acceptors (Lipinski definition) is 5. The van der Waals surface area contributed by atoms with E-state index in [2.05, 4.69) is 22.3 Å². The maximum Gasteiger partial charge on any atom is 0.251 e. The van der Waals surface area contributed by atoms with E-state index in [1.54, 1.807) is 25.3 Å². The Hall–Kier alpha value is -2.49. The van der Waals surface area contributed by atoms with E-state index in [9.17, 15) is 17.6 Å². The van der Waals surface area contributed by atoms with Gasteiger partial charge in [0.2, 0.25) is 10.0 Å². The van der Waals surface area contributed by atoms with Gasteiger partial charge in [-0.05, 0) is 55.9 Å². The van der Waals surface area contributed by atoms with Crippen molar-refractivity contribution in [3.63, 3.8) is 0 Å². The van der Waals surface area contributed by atoms with Crippen molar-refractivity contribution in [3.8, 4) is 5.75 Å². The second-order valence-corrected chi connectivity index (χ2v) is 10.4. The molecule has 3 N–H and O–H groups in total. The highest BCUT2D eigenvalue weighted by molar-refractivity contribution is 7.88. The van der Waals surface area contributed by atoms with Crippen molar-refractivity contribution in [1.82, 2.24) is 15.4 Å². The maximum absolute atomic E-state index is 13.5. The van der Waals surface area contributed by atoms with Crippen LogP contribution in [0.5, 0.6) is 5.75 Å². The molecule has 1 amide bonds. The number of rotatable bonds is 10. The van der Waals surface area contributed by atoms with E-state index in [4.69, 9.17) is 4.74 Å². The van der Waals surface area contributed by atoms with Gasteiger partial charge in [0.25, 0.3) is 5.91 Å². The van der Waals surface area contributed by atoms with Crippen LogP contribution in [-0.2, 0) is 10.0 Å². The average molecular weight is 478 g/mol. The zero-order valence-corrected chi connectivity index (χ0v) is 20.0. The Kier molecular flexibility index (Phi) is 8.45. The number of methoxy groups -OCH3 is 1. The Morgan fingerprint density at radius 2 is 1.88 bits per heavy atom. The van der Waals surface area contributed by atoms with Gasteiger partial charge in [-0.3, -0.25) is 4.79 Å². The number of nitrogens with one attached hydrogen (secondary N) is 3. The topological polar surface area (TPSA) is 96.5 Å². The molecule has 3 rings (SSSR count). The summed E-state index contributed by atoms with van der Waals surface area (Å²) in [5.41, 5.74) is 2.67.